The Morgan fingerprint density at radius 2 is 2.00 bits per heavy atom. The molecule has 0 saturated heterocycles. The Balaban J connectivity index is 2.07. The van der Waals surface area contributed by atoms with Crippen molar-refractivity contribution in [3.63, 3.8) is 0 Å². The van der Waals surface area contributed by atoms with Crippen LogP contribution in [0.15, 0.2) is 53.6 Å². The van der Waals surface area contributed by atoms with Gasteiger partial charge in [-0.15, -0.1) is 0 Å². The van der Waals surface area contributed by atoms with Crippen molar-refractivity contribution in [2.24, 2.45) is 0 Å². The van der Waals surface area contributed by atoms with E-state index in [1.807, 2.05) is 12.3 Å². The highest BCUT2D eigenvalue weighted by molar-refractivity contribution is 8.00. The van der Waals surface area contributed by atoms with Crippen molar-refractivity contribution in [1.29, 1.82) is 0 Å². The molecule has 4 rings (SSSR count). The molecule has 0 aliphatic carbocycles. The maximum Gasteiger partial charge on any atom is 0.0948 e. The molecule has 1 aromatic heterocycles. The van der Waals surface area contributed by atoms with E-state index in [1.54, 1.807) is 11.9 Å². The largest absolute Gasteiger partial charge is 0.323 e. The number of rotatable bonds is 0. The van der Waals surface area contributed by atoms with Crippen LogP contribution in [0, 0.1) is 6.92 Å². The van der Waals surface area contributed by atoms with Gasteiger partial charge in [0.15, 0.2) is 0 Å². The van der Waals surface area contributed by atoms with E-state index in [-0.39, 0.29) is 0 Å². The van der Waals surface area contributed by atoms with Crippen LogP contribution >= 0.6 is 11.9 Å². The molecule has 0 fully saturated rings. The Morgan fingerprint density at radius 1 is 1.05 bits per heavy atom. The number of benzene rings is 2. The lowest BCUT2D eigenvalue weighted by molar-refractivity contribution is 1.35. The quantitative estimate of drug-likeness (QED) is 0.599. The first kappa shape index (κ1) is 10.9. The summed E-state index contributed by atoms with van der Waals surface area (Å²) in [5, 5.41) is 1.17. The Bertz CT molecular complexity index is 796. The molecule has 2 nitrogen and oxygen atoms in total. The van der Waals surface area contributed by atoms with E-state index < -0.39 is 0 Å². The molecular formula is C16H12N2S. The van der Waals surface area contributed by atoms with Gasteiger partial charge >= 0.3 is 0 Å². The summed E-state index contributed by atoms with van der Waals surface area (Å²) in [7, 11) is 0. The lowest BCUT2D eigenvalue weighted by atomic mass is 9.99. The van der Waals surface area contributed by atoms with Gasteiger partial charge < -0.3 is 4.72 Å². The van der Waals surface area contributed by atoms with Gasteiger partial charge in [0.05, 0.1) is 11.2 Å². The van der Waals surface area contributed by atoms with E-state index in [4.69, 9.17) is 0 Å². The Hall–Kier alpha value is -2.00. The number of hydrogen-bond acceptors (Lipinski definition) is 3. The Morgan fingerprint density at radius 3 is 2.95 bits per heavy atom. The fourth-order valence-electron chi connectivity index (χ4n) is 2.52. The number of anilines is 1. The van der Waals surface area contributed by atoms with Gasteiger partial charge in [0.2, 0.25) is 0 Å². The zero-order valence-electron chi connectivity index (χ0n) is 10.5. The van der Waals surface area contributed by atoms with Crippen LogP contribution in [0.1, 0.15) is 5.56 Å². The first-order valence-corrected chi connectivity index (χ1v) is 7.06. The van der Waals surface area contributed by atoms with Gasteiger partial charge in [0.25, 0.3) is 0 Å². The lowest BCUT2D eigenvalue weighted by Gasteiger charge is -2.21. The zero-order chi connectivity index (χ0) is 12.8. The lowest BCUT2D eigenvalue weighted by Crippen LogP contribution is -2.00. The molecule has 3 heteroatoms. The molecule has 1 aliphatic rings. The van der Waals surface area contributed by atoms with Crippen LogP contribution in [0.4, 0.5) is 5.69 Å². The van der Waals surface area contributed by atoms with Crippen LogP contribution in [-0.2, 0) is 0 Å². The first-order chi connectivity index (χ1) is 9.33. The molecule has 1 N–H and O–H groups in total. The first-order valence-electron chi connectivity index (χ1n) is 6.24. The highest BCUT2D eigenvalue weighted by Crippen LogP contribution is 2.44. The number of aromatic nitrogens is 1. The average Bonchev–Trinajstić information content (AvgIpc) is 2.46. The molecule has 0 saturated carbocycles. The Labute approximate surface area is 116 Å². The van der Waals surface area contributed by atoms with Gasteiger partial charge in [-0.25, -0.2) is 0 Å². The molecule has 0 radical (unpaired) electrons. The van der Waals surface area contributed by atoms with Crippen molar-refractivity contribution < 1.29 is 0 Å². The third kappa shape index (κ3) is 1.62. The molecule has 92 valence electrons. The van der Waals surface area contributed by atoms with Crippen molar-refractivity contribution in [3.05, 3.63) is 54.2 Å². The summed E-state index contributed by atoms with van der Waals surface area (Å²) in [4.78, 5) is 5.79. The maximum absolute atomic E-state index is 4.51. The van der Waals surface area contributed by atoms with E-state index in [0.29, 0.717) is 0 Å². The predicted molar refractivity (Wildman–Crippen MR) is 81.4 cm³/mol. The zero-order valence-corrected chi connectivity index (χ0v) is 11.3. The molecule has 0 bridgehead atoms. The molecule has 2 heterocycles. The molecule has 0 spiro atoms. The molecule has 3 aromatic rings. The van der Waals surface area contributed by atoms with Crippen LogP contribution in [0.2, 0.25) is 0 Å². The normalized spacial score (nSPS) is 12.7. The summed E-state index contributed by atoms with van der Waals surface area (Å²) < 4.78 is 3.44. The average molecular weight is 264 g/mol. The fraction of sp³-hybridized carbons (Fsp3) is 0.0625. The van der Waals surface area contributed by atoms with Gasteiger partial charge in [0.1, 0.15) is 0 Å². The second-order valence-electron chi connectivity index (χ2n) is 4.77. The second kappa shape index (κ2) is 4.00. The van der Waals surface area contributed by atoms with Crippen molar-refractivity contribution in [2.45, 2.75) is 11.8 Å². The van der Waals surface area contributed by atoms with Crippen molar-refractivity contribution in [2.75, 3.05) is 4.72 Å². The molecule has 19 heavy (non-hydrogen) atoms. The fourth-order valence-corrected chi connectivity index (χ4v) is 3.36. The number of nitrogens with one attached hydrogen (secondary N) is 1. The summed E-state index contributed by atoms with van der Waals surface area (Å²) in [6.07, 6.45) is 1.85. The minimum Gasteiger partial charge on any atom is -0.323 e. The van der Waals surface area contributed by atoms with Crippen LogP contribution in [0.25, 0.3) is 22.0 Å². The third-order valence-corrected chi connectivity index (χ3v) is 4.35. The second-order valence-corrected chi connectivity index (χ2v) is 5.62. The molecule has 0 atom stereocenters. The third-order valence-electron chi connectivity index (χ3n) is 3.46. The molecule has 1 aliphatic heterocycles. The van der Waals surface area contributed by atoms with Gasteiger partial charge in [0, 0.05) is 22.0 Å². The SMILES string of the molecule is Cc1ccc2c(c1)-c1ccc3cccnc3c1NS2. The molecule has 0 unspecified atom stereocenters. The van der Waals surface area contributed by atoms with E-state index in [1.165, 1.54) is 27.0 Å². The van der Waals surface area contributed by atoms with Crippen LogP contribution in [0.3, 0.4) is 0 Å². The minimum absolute atomic E-state index is 1.04. The molecule has 0 amide bonds. The minimum atomic E-state index is 1.04. The summed E-state index contributed by atoms with van der Waals surface area (Å²) in [6, 6.07) is 15.0. The predicted octanol–water partition coefficient (Wildman–Crippen LogP) is 4.64. The summed E-state index contributed by atoms with van der Waals surface area (Å²) in [6.45, 7) is 2.13. The number of fused-ring (bicyclic) bond motifs is 5. The number of pyridine rings is 1. The van der Waals surface area contributed by atoms with Gasteiger partial charge in [-0.1, -0.05) is 35.9 Å². The Kier molecular flexibility index (Phi) is 2.29. The molecular weight excluding hydrogens is 252 g/mol. The number of aryl methyl sites for hydroxylation is 1. The standard InChI is InChI=1S/C16H12N2S/c1-10-4-7-14-13(9-10)12-6-5-11-3-2-8-17-15(11)16(12)18-19-14/h2-9,18H,1H3. The van der Waals surface area contributed by atoms with Gasteiger partial charge in [-0.3, -0.25) is 4.98 Å². The highest BCUT2D eigenvalue weighted by atomic mass is 32.2. The monoisotopic (exact) mass is 264 g/mol. The van der Waals surface area contributed by atoms with Crippen molar-refractivity contribution in [1.82, 2.24) is 4.98 Å². The highest BCUT2D eigenvalue weighted by Gasteiger charge is 2.18. The van der Waals surface area contributed by atoms with E-state index in [2.05, 4.69) is 53.0 Å². The summed E-state index contributed by atoms with van der Waals surface area (Å²) in [5.74, 6) is 0. The maximum atomic E-state index is 4.51. The number of hydrogen-bond donors (Lipinski definition) is 1. The van der Waals surface area contributed by atoms with Crippen LogP contribution in [0.5, 0.6) is 0 Å². The van der Waals surface area contributed by atoms with Crippen LogP contribution < -0.4 is 4.72 Å². The van der Waals surface area contributed by atoms with Gasteiger partial charge in [-0.2, -0.15) is 0 Å². The van der Waals surface area contributed by atoms with E-state index >= 15 is 0 Å². The summed E-state index contributed by atoms with van der Waals surface area (Å²) >= 11 is 1.66. The van der Waals surface area contributed by atoms with Crippen molar-refractivity contribution >= 4 is 28.5 Å². The number of nitrogens with zero attached hydrogens (tertiary/aromatic N) is 1. The van der Waals surface area contributed by atoms with Crippen molar-refractivity contribution in [3.8, 4) is 11.1 Å². The van der Waals surface area contributed by atoms with E-state index in [9.17, 15) is 0 Å². The summed E-state index contributed by atoms with van der Waals surface area (Å²) in [5.41, 5.74) is 5.99. The van der Waals surface area contributed by atoms with E-state index in [0.717, 1.165) is 11.2 Å². The smallest absolute Gasteiger partial charge is 0.0948 e. The van der Waals surface area contributed by atoms with Gasteiger partial charge in [-0.05, 0) is 36.6 Å². The topological polar surface area (TPSA) is 24.9 Å². The van der Waals surface area contributed by atoms with Crippen LogP contribution in [-0.4, -0.2) is 4.98 Å². The molecule has 2 aromatic carbocycles.